The number of nitrogens with one attached hydrogen (secondary N) is 1. The number of hydrogen-bond acceptors (Lipinski definition) is 6. The molecule has 1 N–H and O–H groups in total. The smallest absolute Gasteiger partial charge is 0.255 e. The average Bonchev–Trinajstić information content (AvgIpc) is 3.45. The van der Waals surface area contributed by atoms with Crippen molar-refractivity contribution in [1.29, 1.82) is 5.26 Å². The predicted molar refractivity (Wildman–Crippen MR) is 149 cm³/mol. The number of halogens is 1. The molecule has 3 aromatic rings. The molecular formula is C30H31ClN6O3. The van der Waals surface area contributed by atoms with Gasteiger partial charge < -0.3 is 10.1 Å². The first kappa shape index (κ1) is 26.5. The lowest BCUT2D eigenvalue weighted by atomic mass is 9.74. The van der Waals surface area contributed by atoms with Gasteiger partial charge in [-0.15, -0.1) is 0 Å². The number of nitrogens with zero attached hydrogens (tertiary/aromatic N) is 5. The van der Waals surface area contributed by atoms with E-state index in [1.54, 1.807) is 35.0 Å². The second kappa shape index (κ2) is 10.3. The van der Waals surface area contributed by atoms with Gasteiger partial charge in [0.15, 0.2) is 0 Å². The van der Waals surface area contributed by atoms with Gasteiger partial charge in [-0.1, -0.05) is 11.6 Å². The third kappa shape index (κ3) is 4.76. The number of carbonyl (C=O) groups is 2. The van der Waals surface area contributed by atoms with E-state index in [4.69, 9.17) is 21.4 Å². The van der Waals surface area contributed by atoms with E-state index in [9.17, 15) is 14.9 Å². The van der Waals surface area contributed by atoms with E-state index in [0.29, 0.717) is 33.6 Å². The van der Waals surface area contributed by atoms with Crippen LogP contribution in [0.15, 0.2) is 36.7 Å². The molecule has 1 aromatic carbocycles. The summed E-state index contributed by atoms with van der Waals surface area (Å²) in [6, 6.07) is 9.33. The van der Waals surface area contributed by atoms with Crippen molar-refractivity contribution in [2.45, 2.75) is 57.7 Å². The van der Waals surface area contributed by atoms with Crippen LogP contribution in [0.3, 0.4) is 0 Å². The Bertz CT molecular complexity index is 1540. The minimum atomic E-state index is -0.197. The molecule has 0 radical (unpaired) electrons. The molecule has 3 fully saturated rings. The van der Waals surface area contributed by atoms with Crippen LogP contribution >= 0.6 is 11.6 Å². The van der Waals surface area contributed by atoms with Gasteiger partial charge in [-0.05, 0) is 85.9 Å². The fraction of sp³-hybridized carbons (Fsp3) is 0.433. The summed E-state index contributed by atoms with van der Waals surface area (Å²) in [5.41, 5.74) is 4.58. The summed E-state index contributed by atoms with van der Waals surface area (Å²) < 4.78 is 7.12. The van der Waals surface area contributed by atoms with Crippen molar-refractivity contribution in [3.8, 4) is 6.07 Å². The van der Waals surface area contributed by atoms with Gasteiger partial charge in [-0.25, -0.2) is 4.98 Å². The Hall–Kier alpha value is -3.74. The standard InChI is InChI=1S/C30H31ClN6O3/c1-16-6-28(36-13-20-9-24(20)30(36)39)33-12-25(16)17(2)37-14-26(27(35-37)15-40-3)29(38)34-22-7-19(8-22)23-10-21(31)5-4-18(23)11-32/h4-6,10,12,14,17,19-20,22,24H,7-9,13,15H2,1-3H3,(H,34,38)/t17-,19-,20-,22+,24-/m1/s1. The van der Waals surface area contributed by atoms with Crippen LogP contribution in [0.4, 0.5) is 5.82 Å². The van der Waals surface area contributed by atoms with E-state index in [2.05, 4.69) is 16.4 Å². The maximum atomic E-state index is 13.3. The number of hydrogen-bond donors (Lipinski definition) is 1. The van der Waals surface area contributed by atoms with E-state index in [-0.39, 0.29) is 42.3 Å². The molecule has 1 saturated heterocycles. The Balaban J connectivity index is 1.15. The van der Waals surface area contributed by atoms with Crippen LogP contribution in [0.25, 0.3) is 0 Å². The van der Waals surface area contributed by atoms with Gasteiger partial charge in [-0.2, -0.15) is 10.4 Å². The molecule has 0 bridgehead atoms. The van der Waals surface area contributed by atoms with Crippen molar-refractivity contribution >= 4 is 29.2 Å². The summed E-state index contributed by atoms with van der Waals surface area (Å²) in [6.07, 6.45) is 6.06. The summed E-state index contributed by atoms with van der Waals surface area (Å²) in [5.74, 6) is 1.53. The van der Waals surface area contributed by atoms with Crippen molar-refractivity contribution in [3.63, 3.8) is 0 Å². The highest BCUT2D eigenvalue weighted by Gasteiger charge is 2.52. The molecular weight excluding hydrogens is 528 g/mol. The van der Waals surface area contributed by atoms with Crippen molar-refractivity contribution < 1.29 is 14.3 Å². The second-order valence-corrected chi connectivity index (χ2v) is 11.6. The van der Waals surface area contributed by atoms with Crippen molar-refractivity contribution in [2.75, 3.05) is 18.6 Å². The molecule has 2 amide bonds. The maximum Gasteiger partial charge on any atom is 0.255 e. The first-order valence-electron chi connectivity index (χ1n) is 13.6. The number of fused-ring (bicyclic) bond motifs is 1. The quantitative estimate of drug-likeness (QED) is 0.435. The van der Waals surface area contributed by atoms with Gasteiger partial charge in [0.2, 0.25) is 5.91 Å². The van der Waals surface area contributed by atoms with Crippen LogP contribution in [0.5, 0.6) is 0 Å². The fourth-order valence-corrected chi connectivity index (χ4v) is 6.23. The van der Waals surface area contributed by atoms with Crippen LogP contribution in [0.1, 0.15) is 76.5 Å². The molecule has 2 aromatic heterocycles. The number of aryl methyl sites for hydroxylation is 1. The molecule has 0 unspecified atom stereocenters. The monoisotopic (exact) mass is 558 g/mol. The molecule has 1 aliphatic heterocycles. The molecule has 6 rings (SSSR count). The summed E-state index contributed by atoms with van der Waals surface area (Å²) in [6.45, 7) is 4.98. The molecule has 9 nitrogen and oxygen atoms in total. The molecule has 2 saturated carbocycles. The Labute approximate surface area is 238 Å². The Kier molecular flexibility index (Phi) is 6.85. The molecule has 3 aliphatic rings. The molecule has 2 aliphatic carbocycles. The molecule has 40 heavy (non-hydrogen) atoms. The largest absolute Gasteiger partial charge is 0.378 e. The molecule has 10 heteroatoms. The third-order valence-corrected chi connectivity index (χ3v) is 8.80. The molecule has 3 heterocycles. The van der Waals surface area contributed by atoms with E-state index < -0.39 is 0 Å². The van der Waals surface area contributed by atoms with Gasteiger partial charge in [0, 0.05) is 43.0 Å². The lowest BCUT2D eigenvalue weighted by molar-refractivity contribution is -0.118. The lowest BCUT2D eigenvalue weighted by Crippen LogP contribution is -2.43. The number of amides is 2. The third-order valence-electron chi connectivity index (χ3n) is 8.56. The minimum absolute atomic E-state index is 0.00230. The fourth-order valence-electron chi connectivity index (χ4n) is 6.05. The normalized spacial score (nSPS) is 23.8. The van der Waals surface area contributed by atoms with Crippen molar-refractivity contribution in [3.05, 3.63) is 75.2 Å². The van der Waals surface area contributed by atoms with Crippen LogP contribution in [-0.2, 0) is 16.1 Å². The molecule has 206 valence electrons. The Morgan fingerprint density at radius 3 is 2.77 bits per heavy atom. The summed E-state index contributed by atoms with van der Waals surface area (Å²) in [7, 11) is 1.58. The number of nitriles is 1. The first-order chi connectivity index (χ1) is 19.3. The van der Waals surface area contributed by atoms with Gasteiger partial charge in [-0.3, -0.25) is 19.2 Å². The van der Waals surface area contributed by atoms with Crippen LogP contribution in [0.2, 0.25) is 5.02 Å². The van der Waals surface area contributed by atoms with Crippen LogP contribution in [0, 0.1) is 30.1 Å². The van der Waals surface area contributed by atoms with Gasteiger partial charge >= 0.3 is 0 Å². The number of rotatable bonds is 8. The van der Waals surface area contributed by atoms with Gasteiger partial charge in [0.25, 0.3) is 5.91 Å². The number of pyridine rings is 1. The average molecular weight is 559 g/mol. The topological polar surface area (TPSA) is 113 Å². The second-order valence-electron chi connectivity index (χ2n) is 11.2. The highest BCUT2D eigenvalue weighted by molar-refractivity contribution is 6.30. The van der Waals surface area contributed by atoms with Crippen LogP contribution < -0.4 is 10.2 Å². The van der Waals surface area contributed by atoms with Crippen molar-refractivity contribution in [1.82, 2.24) is 20.1 Å². The van der Waals surface area contributed by atoms with E-state index >= 15 is 0 Å². The minimum Gasteiger partial charge on any atom is -0.378 e. The zero-order chi connectivity index (χ0) is 28.1. The lowest BCUT2D eigenvalue weighted by Gasteiger charge is -2.36. The van der Waals surface area contributed by atoms with E-state index in [1.165, 1.54) is 0 Å². The number of carbonyl (C=O) groups excluding carboxylic acids is 2. The van der Waals surface area contributed by atoms with Crippen LogP contribution in [-0.4, -0.2) is 46.3 Å². The Morgan fingerprint density at radius 2 is 2.10 bits per heavy atom. The molecule has 0 spiro atoms. The summed E-state index contributed by atoms with van der Waals surface area (Å²) in [4.78, 5) is 32.2. The van der Waals surface area contributed by atoms with Gasteiger partial charge in [0.05, 0.1) is 29.8 Å². The number of aromatic nitrogens is 3. The predicted octanol–water partition coefficient (Wildman–Crippen LogP) is 4.53. The summed E-state index contributed by atoms with van der Waals surface area (Å²) >= 11 is 6.16. The number of benzene rings is 1. The highest BCUT2D eigenvalue weighted by atomic mass is 35.5. The number of piperidine rings is 1. The van der Waals surface area contributed by atoms with E-state index in [0.717, 1.165) is 42.5 Å². The van der Waals surface area contributed by atoms with Gasteiger partial charge in [0.1, 0.15) is 11.5 Å². The zero-order valence-electron chi connectivity index (χ0n) is 22.7. The Morgan fingerprint density at radius 1 is 1.30 bits per heavy atom. The first-order valence-corrected chi connectivity index (χ1v) is 14.0. The highest BCUT2D eigenvalue weighted by Crippen LogP contribution is 2.47. The number of methoxy groups -OCH3 is 1. The molecule has 3 atom stereocenters. The van der Waals surface area contributed by atoms with Crippen molar-refractivity contribution in [2.24, 2.45) is 11.8 Å². The number of anilines is 1. The SMILES string of the molecule is COCc1nn([C@H](C)c2cnc(N3C[C@H]4C[C@H]4C3=O)cc2C)cc1C(=O)N[C@H]1C[C@@H](c2cc(Cl)ccc2C#N)C1. The summed E-state index contributed by atoms with van der Waals surface area (Å²) in [5, 5.41) is 17.9. The maximum absolute atomic E-state index is 13.3. The van der Waals surface area contributed by atoms with E-state index in [1.807, 2.05) is 32.2 Å². The number of ether oxygens (including phenoxy) is 1. The zero-order valence-corrected chi connectivity index (χ0v) is 23.5.